The normalized spacial score (nSPS) is 16.2. The largest absolute Gasteiger partial charge is 0.416 e. The van der Waals surface area contributed by atoms with Crippen LogP contribution in [0.1, 0.15) is 34.6 Å². The second kappa shape index (κ2) is 9.21. The number of rotatable bonds is 3. The minimum atomic E-state index is -0.544. The fourth-order valence-corrected chi connectivity index (χ4v) is 4.91. The first-order valence-electron chi connectivity index (χ1n) is 12.0. The van der Waals surface area contributed by atoms with Gasteiger partial charge in [-0.15, -0.1) is 10.2 Å². The van der Waals surface area contributed by atoms with Crippen LogP contribution in [0.15, 0.2) is 114 Å². The van der Waals surface area contributed by atoms with E-state index in [0.29, 0.717) is 23.5 Å². The van der Waals surface area contributed by atoms with Gasteiger partial charge < -0.3 is 10.2 Å². The van der Waals surface area contributed by atoms with Gasteiger partial charge in [-0.25, -0.2) is 0 Å². The van der Waals surface area contributed by atoms with Crippen LogP contribution in [0.2, 0.25) is 0 Å². The molecule has 2 N–H and O–H groups in total. The number of fused-ring (bicyclic) bond motifs is 4. The highest BCUT2D eigenvalue weighted by molar-refractivity contribution is 6.09. The molecule has 0 radical (unpaired) electrons. The van der Waals surface area contributed by atoms with Crippen molar-refractivity contribution in [2.24, 2.45) is 5.73 Å². The van der Waals surface area contributed by atoms with Gasteiger partial charge in [-0.3, -0.25) is 4.79 Å². The molecule has 0 saturated carbocycles. The zero-order valence-electron chi connectivity index (χ0n) is 20.0. The molecule has 0 fully saturated rings. The van der Waals surface area contributed by atoms with E-state index in [1.165, 1.54) is 0 Å². The Balaban J connectivity index is 1.69. The van der Waals surface area contributed by atoms with Gasteiger partial charge in [0, 0.05) is 11.1 Å². The number of nitrogens with two attached hydrogens (primary N) is 1. The zero-order chi connectivity index (χ0) is 25.4. The third-order valence-corrected chi connectivity index (χ3v) is 6.66. The lowest BCUT2D eigenvalue weighted by Crippen LogP contribution is -2.17. The van der Waals surface area contributed by atoms with Crippen molar-refractivity contribution in [3.05, 3.63) is 137 Å². The van der Waals surface area contributed by atoms with Crippen LogP contribution in [0, 0.1) is 0 Å². The summed E-state index contributed by atoms with van der Waals surface area (Å²) >= 11 is 0. The molecule has 1 aromatic heterocycles. The van der Waals surface area contributed by atoms with Crippen molar-refractivity contribution >= 4 is 33.9 Å². The van der Waals surface area contributed by atoms with Gasteiger partial charge >= 0.3 is 0 Å². The number of nitrogens with zero attached hydrogens (tertiary/aromatic N) is 2. The Hall–Kier alpha value is -5.03. The highest BCUT2D eigenvalue weighted by Gasteiger charge is 2.26. The fourth-order valence-electron chi connectivity index (χ4n) is 4.91. The van der Waals surface area contributed by atoms with E-state index in [1.54, 1.807) is 0 Å². The maximum Gasteiger partial charge on any atom is 0.249 e. The Kier molecular flexibility index (Phi) is 5.58. The third-order valence-electron chi connectivity index (χ3n) is 6.66. The summed E-state index contributed by atoms with van der Waals surface area (Å²) in [5.41, 5.74) is 12.2. The van der Waals surface area contributed by atoms with E-state index in [4.69, 9.17) is 10.2 Å². The van der Waals surface area contributed by atoms with Gasteiger partial charge in [-0.2, -0.15) is 0 Å². The van der Waals surface area contributed by atoms with Crippen LogP contribution in [0.4, 0.5) is 0 Å². The molecule has 0 spiro atoms. The molecule has 1 aliphatic carbocycles. The van der Waals surface area contributed by atoms with Gasteiger partial charge in [0.15, 0.2) is 0 Å². The fraction of sp³-hybridized carbons (Fsp3) is 0.0312. The summed E-state index contributed by atoms with van der Waals surface area (Å²) in [7, 11) is 0. The van der Waals surface area contributed by atoms with Crippen LogP contribution in [-0.4, -0.2) is 16.1 Å². The molecule has 1 heterocycles. The van der Waals surface area contributed by atoms with Crippen molar-refractivity contribution in [1.82, 2.24) is 10.2 Å². The molecule has 178 valence electrons. The summed E-state index contributed by atoms with van der Waals surface area (Å²) in [5.74, 6) is 0.0583. The van der Waals surface area contributed by atoms with Crippen LogP contribution in [0.5, 0.6) is 0 Å². The summed E-state index contributed by atoms with van der Waals surface area (Å²) in [4.78, 5) is 12.9. The Morgan fingerprint density at radius 1 is 0.811 bits per heavy atom. The maximum absolute atomic E-state index is 12.9. The minimum absolute atomic E-state index is 0.235. The summed E-state index contributed by atoms with van der Waals surface area (Å²) in [6.07, 6.45) is 4.24. The van der Waals surface area contributed by atoms with Crippen LogP contribution in [0.3, 0.4) is 0 Å². The lowest BCUT2D eigenvalue weighted by Gasteiger charge is -2.20. The Morgan fingerprint density at radius 3 is 2.38 bits per heavy atom. The van der Waals surface area contributed by atoms with Crippen molar-refractivity contribution < 1.29 is 9.21 Å². The van der Waals surface area contributed by atoms with E-state index in [2.05, 4.69) is 35.0 Å². The molecule has 4 aromatic carbocycles. The quantitative estimate of drug-likeness (QED) is 0.313. The summed E-state index contributed by atoms with van der Waals surface area (Å²) in [5, 5.41) is 10.8. The number of carbonyl (C=O) groups is 1. The average Bonchev–Trinajstić information content (AvgIpc) is 3.42. The lowest BCUT2D eigenvalue weighted by molar-refractivity contribution is -0.114. The Morgan fingerprint density at radius 2 is 1.54 bits per heavy atom. The molecule has 37 heavy (non-hydrogen) atoms. The molecular weight excluding hydrogens is 458 g/mol. The van der Waals surface area contributed by atoms with E-state index in [9.17, 15) is 4.79 Å². The first-order chi connectivity index (χ1) is 18.1. The molecular formula is C32H23N3O2. The number of allylic oxidation sites excluding steroid dienone is 1. The number of primary amides is 1. The predicted molar refractivity (Wildman–Crippen MR) is 147 cm³/mol. The smallest absolute Gasteiger partial charge is 0.249 e. The van der Waals surface area contributed by atoms with E-state index >= 15 is 0 Å². The minimum Gasteiger partial charge on any atom is -0.416 e. The molecule has 5 heteroatoms. The van der Waals surface area contributed by atoms with Gasteiger partial charge in [-0.05, 0) is 57.2 Å². The highest BCUT2D eigenvalue weighted by atomic mass is 16.4. The van der Waals surface area contributed by atoms with E-state index < -0.39 is 5.91 Å². The number of hydrogen-bond donors (Lipinski definition) is 1. The molecule has 5 nitrogen and oxygen atoms in total. The summed E-state index contributed by atoms with van der Waals surface area (Å²) in [6.45, 7) is 4.53. The Bertz CT molecular complexity index is 1740. The maximum atomic E-state index is 12.9. The highest BCUT2D eigenvalue weighted by Crippen LogP contribution is 2.41. The van der Waals surface area contributed by atoms with E-state index in [1.807, 2.05) is 84.9 Å². The lowest BCUT2D eigenvalue weighted by atomic mass is 9.83. The third kappa shape index (κ3) is 3.96. The SMILES string of the molecule is C=C1c2ccccc2/C=C\C/C(C(N)=O)=C(/c2nnc(-c3ccccc3)o2)c2ccc3ccccc3c21. The second-order valence-corrected chi connectivity index (χ2v) is 8.88. The van der Waals surface area contributed by atoms with Crippen molar-refractivity contribution in [1.29, 1.82) is 0 Å². The molecule has 6 rings (SSSR count). The molecule has 0 unspecified atom stereocenters. The zero-order valence-corrected chi connectivity index (χ0v) is 20.0. The van der Waals surface area contributed by atoms with Crippen molar-refractivity contribution in [3.8, 4) is 11.5 Å². The van der Waals surface area contributed by atoms with Crippen molar-refractivity contribution in [2.75, 3.05) is 0 Å². The van der Waals surface area contributed by atoms with Gasteiger partial charge in [0.2, 0.25) is 17.7 Å². The van der Waals surface area contributed by atoms with Crippen LogP contribution >= 0.6 is 0 Å². The van der Waals surface area contributed by atoms with Crippen molar-refractivity contribution in [2.45, 2.75) is 6.42 Å². The topological polar surface area (TPSA) is 82.0 Å². The molecule has 0 saturated heterocycles. The number of amides is 1. The van der Waals surface area contributed by atoms with Crippen LogP contribution in [0.25, 0.3) is 39.4 Å². The monoisotopic (exact) mass is 481 g/mol. The second-order valence-electron chi connectivity index (χ2n) is 8.88. The van der Waals surface area contributed by atoms with Crippen LogP contribution < -0.4 is 5.73 Å². The standard InChI is InChI=1S/C32H23N3O2/c1-20-24-15-7-5-10-21(24)14-9-17-27(30(33)36)29(26-19-18-22-11-6-8-16-25(22)28(20)26)32-35-34-31(37-32)23-12-3-2-4-13-23/h2-16,18-19H,1,17H2,(H2,33,36)/b14-9-,29-27-. The first-order valence-corrected chi connectivity index (χ1v) is 12.0. The molecule has 1 aliphatic rings. The summed E-state index contributed by atoms with van der Waals surface area (Å²) in [6, 6.07) is 29.8. The van der Waals surface area contributed by atoms with Gasteiger partial charge in [0.25, 0.3) is 0 Å². The molecule has 0 atom stereocenters. The Labute approximate surface area is 214 Å². The molecule has 1 amide bonds. The van der Waals surface area contributed by atoms with Crippen LogP contribution in [-0.2, 0) is 4.79 Å². The number of hydrogen-bond acceptors (Lipinski definition) is 4. The summed E-state index contributed by atoms with van der Waals surface area (Å²) < 4.78 is 6.19. The number of carbonyl (C=O) groups excluding carboxylic acids is 1. The average molecular weight is 482 g/mol. The van der Waals surface area contributed by atoms with E-state index in [-0.39, 0.29) is 5.89 Å². The molecule has 0 aliphatic heterocycles. The van der Waals surface area contributed by atoms with Crippen molar-refractivity contribution in [3.63, 3.8) is 0 Å². The van der Waals surface area contributed by atoms with E-state index in [0.717, 1.165) is 44.2 Å². The number of benzene rings is 4. The molecule has 5 aromatic rings. The number of aromatic nitrogens is 2. The van der Waals surface area contributed by atoms with Gasteiger partial charge in [0.1, 0.15) is 0 Å². The molecule has 0 bridgehead atoms. The predicted octanol–water partition coefficient (Wildman–Crippen LogP) is 6.66. The van der Waals surface area contributed by atoms with Gasteiger partial charge in [-0.1, -0.05) is 97.6 Å². The van der Waals surface area contributed by atoms with Gasteiger partial charge in [0.05, 0.1) is 5.57 Å². The first kappa shape index (κ1) is 22.4.